The van der Waals surface area contributed by atoms with Gasteiger partial charge in [0.1, 0.15) is 28.7 Å². The molecule has 0 N–H and O–H groups in total. The minimum Gasteiger partial charge on any atom is -0.496 e. The summed E-state index contributed by atoms with van der Waals surface area (Å²) >= 11 is 0. The molecular formula is C37H32O9. The van der Waals surface area contributed by atoms with E-state index in [0.717, 1.165) is 17.7 Å². The van der Waals surface area contributed by atoms with Crippen LogP contribution in [0.1, 0.15) is 50.5 Å². The fraction of sp³-hybridized carbons (Fsp3) is 0.243. The van der Waals surface area contributed by atoms with Gasteiger partial charge in [0, 0.05) is 41.5 Å². The van der Waals surface area contributed by atoms with E-state index in [2.05, 4.69) is 12.1 Å². The third kappa shape index (κ3) is 5.27. The number of ether oxygens (including phenoxy) is 7. The fourth-order valence-electron chi connectivity index (χ4n) is 6.25. The van der Waals surface area contributed by atoms with Crippen LogP contribution in [0.25, 0.3) is 6.08 Å². The van der Waals surface area contributed by atoms with Crippen LogP contribution in [0.2, 0.25) is 0 Å². The average molecular weight is 621 g/mol. The smallest absolute Gasteiger partial charge is 0.312 e. The van der Waals surface area contributed by atoms with Gasteiger partial charge in [0.15, 0.2) is 17.3 Å². The van der Waals surface area contributed by atoms with Gasteiger partial charge in [-0.15, -0.1) is 0 Å². The van der Waals surface area contributed by atoms with Crippen LogP contribution in [0, 0.1) is 0 Å². The predicted octanol–water partition coefficient (Wildman–Crippen LogP) is 6.33. The Balaban J connectivity index is 1.20. The van der Waals surface area contributed by atoms with Gasteiger partial charge in [-0.1, -0.05) is 30.3 Å². The molecular weight excluding hydrogens is 588 g/mol. The quantitative estimate of drug-likeness (QED) is 0.121. The van der Waals surface area contributed by atoms with Gasteiger partial charge in [-0.25, -0.2) is 0 Å². The summed E-state index contributed by atoms with van der Waals surface area (Å²) in [4.78, 5) is 26.5. The number of carbonyl (C=O) groups excluding carboxylic acids is 2. The molecule has 0 aliphatic carbocycles. The highest BCUT2D eigenvalue weighted by molar-refractivity contribution is 6.15. The first kappa shape index (κ1) is 29.3. The van der Waals surface area contributed by atoms with Crippen molar-refractivity contribution in [2.75, 3.05) is 34.5 Å². The van der Waals surface area contributed by atoms with E-state index in [1.165, 1.54) is 32.5 Å². The van der Waals surface area contributed by atoms with E-state index in [4.69, 9.17) is 33.2 Å². The largest absolute Gasteiger partial charge is 0.496 e. The second kappa shape index (κ2) is 12.2. The molecule has 0 saturated heterocycles. The molecule has 0 aromatic heterocycles. The number of hydrogen-bond acceptors (Lipinski definition) is 9. The second-order valence-corrected chi connectivity index (χ2v) is 11.2. The summed E-state index contributed by atoms with van der Waals surface area (Å²) in [5, 5.41) is 0. The number of allylic oxidation sites excluding steroid dienone is 1. The molecule has 1 unspecified atom stereocenters. The van der Waals surface area contributed by atoms with Gasteiger partial charge in [-0.2, -0.15) is 0 Å². The van der Waals surface area contributed by atoms with Crippen LogP contribution in [0.15, 0.2) is 72.5 Å². The first-order chi connectivity index (χ1) is 22.5. The van der Waals surface area contributed by atoms with Gasteiger partial charge in [0.25, 0.3) is 0 Å². The van der Waals surface area contributed by atoms with Crippen molar-refractivity contribution in [3.63, 3.8) is 0 Å². The zero-order valence-corrected chi connectivity index (χ0v) is 25.7. The summed E-state index contributed by atoms with van der Waals surface area (Å²) in [7, 11) is 4.60. The standard InChI is InChI=1S/C37H32O9/c1-40-30-20-32(42-3)31(41-2)17-23(30)18-33-36(39)25-9-11-29-35(37(25)46-33)26(19-34(38)45-29)24-6-4-5-7-28(24)44-14-12-21-8-10-27-22(16-21)13-15-43-27/h4-11,16-18,20,26H,12-15,19H2,1-3H3. The predicted molar refractivity (Wildman–Crippen MR) is 169 cm³/mol. The number of fused-ring (bicyclic) bond motifs is 4. The minimum atomic E-state index is -0.456. The summed E-state index contributed by atoms with van der Waals surface area (Å²) in [5.74, 6) is 2.75. The zero-order chi connectivity index (χ0) is 31.8. The Morgan fingerprint density at radius 3 is 2.43 bits per heavy atom. The Labute approximate surface area is 266 Å². The fourth-order valence-corrected chi connectivity index (χ4v) is 6.25. The topological polar surface area (TPSA) is 98.8 Å². The summed E-state index contributed by atoms with van der Waals surface area (Å²) in [5.41, 5.74) is 4.78. The van der Waals surface area contributed by atoms with E-state index in [1.54, 1.807) is 30.3 Å². The number of hydrogen-bond donors (Lipinski definition) is 0. The van der Waals surface area contributed by atoms with E-state index in [1.807, 2.05) is 30.3 Å². The molecule has 3 heterocycles. The SMILES string of the molecule is COc1cc(OC)c(OC)cc1C=C1Oc2c(ccc3c2C(c2ccccc2OCCc2ccc4c(c2)CCO4)CC(=O)O3)C1=O. The molecule has 4 aromatic carbocycles. The number of para-hydroxylation sites is 1. The normalized spacial score (nSPS) is 16.9. The van der Waals surface area contributed by atoms with Crippen LogP contribution in [0.5, 0.6) is 40.2 Å². The number of carbonyl (C=O) groups is 2. The van der Waals surface area contributed by atoms with Crippen molar-refractivity contribution in [3.8, 4) is 40.2 Å². The average Bonchev–Trinajstić information content (AvgIpc) is 3.67. The molecule has 0 bridgehead atoms. The van der Waals surface area contributed by atoms with Crippen molar-refractivity contribution in [1.29, 1.82) is 0 Å². The van der Waals surface area contributed by atoms with Crippen LogP contribution < -0.4 is 33.2 Å². The third-order valence-electron chi connectivity index (χ3n) is 8.50. The maximum absolute atomic E-state index is 13.7. The van der Waals surface area contributed by atoms with Gasteiger partial charge < -0.3 is 33.2 Å². The highest BCUT2D eigenvalue weighted by Gasteiger charge is 2.39. The van der Waals surface area contributed by atoms with Gasteiger partial charge in [0.05, 0.1) is 46.5 Å². The Hall–Kier alpha value is -5.44. The summed E-state index contributed by atoms with van der Waals surface area (Å²) in [6.45, 7) is 1.16. The Morgan fingerprint density at radius 1 is 0.826 bits per heavy atom. The lowest BCUT2D eigenvalue weighted by atomic mass is 9.84. The summed E-state index contributed by atoms with van der Waals surface area (Å²) in [6, 6.07) is 20.6. The lowest BCUT2D eigenvalue weighted by Crippen LogP contribution is -2.22. The molecule has 0 spiro atoms. The Morgan fingerprint density at radius 2 is 1.61 bits per heavy atom. The monoisotopic (exact) mass is 620 g/mol. The molecule has 3 aliphatic rings. The van der Waals surface area contributed by atoms with Crippen molar-refractivity contribution < 1.29 is 42.7 Å². The van der Waals surface area contributed by atoms with Crippen molar-refractivity contribution in [1.82, 2.24) is 0 Å². The number of Topliss-reactive ketones (excluding diaryl/α,β-unsaturated/α-hetero) is 1. The summed E-state index contributed by atoms with van der Waals surface area (Å²) < 4.78 is 40.3. The maximum atomic E-state index is 13.7. The molecule has 234 valence electrons. The van der Waals surface area contributed by atoms with E-state index in [9.17, 15) is 9.59 Å². The van der Waals surface area contributed by atoms with Crippen LogP contribution in [0.4, 0.5) is 0 Å². The second-order valence-electron chi connectivity index (χ2n) is 11.2. The van der Waals surface area contributed by atoms with Crippen LogP contribution in [-0.4, -0.2) is 46.3 Å². The van der Waals surface area contributed by atoms with Crippen molar-refractivity contribution in [2.45, 2.75) is 25.2 Å². The van der Waals surface area contributed by atoms with Crippen LogP contribution in [-0.2, 0) is 17.6 Å². The molecule has 0 amide bonds. The molecule has 7 rings (SSSR count). The maximum Gasteiger partial charge on any atom is 0.312 e. The molecule has 0 fully saturated rings. The van der Waals surface area contributed by atoms with E-state index >= 15 is 0 Å². The highest BCUT2D eigenvalue weighted by atomic mass is 16.5. The summed E-state index contributed by atoms with van der Waals surface area (Å²) in [6.07, 6.45) is 3.31. The third-order valence-corrected chi connectivity index (χ3v) is 8.50. The van der Waals surface area contributed by atoms with Gasteiger partial charge in [-0.05, 0) is 47.5 Å². The van der Waals surface area contributed by atoms with Crippen molar-refractivity contribution >= 4 is 17.8 Å². The van der Waals surface area contributed by atoms with Gasteiger partial charge >= 0.3 is 5.97 Å². The first-order valence-corrected chi connectivity index (χ1v) is 15.1. The van der Waals surface area contributed by atoms with E-state index in [0.29, 0.717) is 70.8 Å². The van der Waals surface area contributed by atoms with E-state index in [-0.39, 0.29) is 23.9 Å². The molecule has 1 atom stereocenters. The lowest BCUT2D eigenvalue weighted by Gasteiger charge is -2.27. The van der Waals surface area contributed by atoms with Crippen LogP contribution >= 0.6 is 0 Å². The van der Waals surface area contributed by atoms with Crippen LogP contribution in [0.3, 0.4) is 0 Å². The molecule has 46 heavy (non-hydrogen) atoms. The minimum absolute atomic E-state index is 0.0642. The van der Waals surface area contributed by atoms with E-state index < -0.39 is 5.92 Å². The molecule has 9 nitrogen and oxygen atoms in total. The molecule has 0 saturated carbocycles. The Kier molecular flexibility index (Phi) is 7.74. The molecule has 9 heteroatoms. The zero-order valence-electron chi connectivity index (χ0n) is 25.7. The number of ketones is 1. The Bertz CT molecular complexity index is 1890. The first-order valence-electron chi connectivity index (χ1n) is 15.1. The number of esters is 1. The number of benzene rings is 4. The number of rotatable bonds is 9. The number of methoxy groups -OCH3 is 3. The van der Waals surface area contributed by atoms with Gasteiger partial charge in [-0.3, -0.25) is 9.59 Å². The lowest BCUT2D eigenvalue weighted by molar-refractivity contribution is -0.135. The molecule has 3 aliphatic heterocycles. The van der Waals surface area contributed by atoms with Gasteiger partial charge in [0.2, 0.25) is 5.78 Å². The molecule has 4 aromatic rings. The van der Waals surface area contributed by atoms with Crippen molar-refractivity contribution in [2.24, 2.45) is 0 Å². The molecule has 0 radical (unpaired) electrons. The highest BCUT2D eigenvalue weighted by Crippen LogP contribution is 2.50. The van der Waals surface area contributed by atoms with Crippen molar-refractivity contribution in [3.05, 3.63) is 106 Å².